The minimum Gasteiger partial charge on any atom is -0.486 e. The van der Waals surface area contributed by atoms with E-state index in [1.807, 2.05) is 12.1 Å². The van der Waals surface area contributed by atoms with Crippen LogP contribution in [-0.2, 0) is 6.42 Å². The van der Waals surface area contributed by atoms with E-state index in [0.717, 1.165) is 18.7 Å². The van der Waals surface area contributed by atoms with Gasteiger partial charge < -0.3 is 25.0 Å². The summed E-state index contributed by atoms with van der Waals surface area (Å²) in [4.78, 5) is 14.4. The van der Waals surface area contributed by atoms with E-state index in [1.165, 1.54) is 11.3 Å². The number of urea groups is 1. The van der Waals surface area contributed by atoms with Gasteiger partial charge in [-0.15, -0.1) is 0 Å². The summed E-state index contributed by atoms with van der Waals surface area (Å²) < 4.78 is 11.0. The zero-order chi connectivity index (χ0) is 16.5. The molecule has 24 heavy (non-hydrogen) atoms. The molecule has 124 valence electrons. The Kier molecular flexibility index (Phi) is 3.65. The van der Waals surface area contributed by atoms with Crippen LogP contribution in [0.15, 0.2) is 36.4 Å². The molecule has 0 aliphatic carbocycles. The van der Waals surface area contributed by atoms with Crippen molar-refractivity contribution in [1.29, 1.82) is 0 Å². The highest BCUT2D eigenvalue weighted by atomic mass is 16.6. The monoisotopic (exact) mass is 325 g/mol. The molecule has 2 aliphatic rings. The molecule has 0 unspecified atom stereocenters. The van der Waals surface area contributed by atoms with Crippen LogP contribution in [-0.4, -0.2) is 32.8 Å². The van der Waals surface area contributed by atoms with E-state index in [4.69, 9.17) is 9.47 Å². The van der Waals surface area contributed by atoms with Gasteiger partial charge in [0.05, 0.1) is 0 Å². The Morgan fingerprint density at radius 2 is 1.71 bits per heavy atom. The van der Waals surface area contributed by atoms with Gasteiger partial charge in [-0.25, -0.2) is 4.79 Å². The smallest absolute Gasteiger partial charge is 0.323 e. The highest BCUT2D eigenvalue weighted by molar-refractivity contribution is 6.00. The number of carbonyl (C=O) groups is 1. The Balaban J connectivity index is 1.44. The van der Waals surface area contributed by atoms with Crippen LogP contribution in [0.5, 0.6) is 11.5 Å². The highest BCUT2D eigenvalue weighted by Crippen LogP contribution is 2.33. The summed E-state index contributed by atoms with van der Waals surface area (Å²) in [7, 11) is 2.06. The topological polar surface area (TPSA) is 62.8 Å². The van der Waals surface area contributed by atoms with Gasteiger partial charge in [-0.2, -0.15) is 0 Å². The molecule has 2 aliphatic heterocycles. The van der Waals surface area contributed by atoms with Crippen LogP contribution in [0.2, 0.25) is 0 Å². The van der Waals surface area contributed by atoms with Crippen molar-refractivity contribution in [2.75, 3.05) is 42.3 Å². The van der Waals surface area contributed by atoms with Gasteiger partial charge in [-0.3, -0.25) is 0 Å². The van der Waals surface area contributed by atoms with E-state index in [-0.39, 0.29) is 6.03 Å². The van der Waals surface area contributed by atoms with Crippen LogP contribution in [0.1, 0.15) is 5.56 Å². The molecule has 2 heterocycles. The first-order valence-electron chi connectivity index (χ1n) is 8.01. The first kappa shape index (κ1) is 14.7. The molecule has 2 N–H and O–H groups in total. The van der Waals surface area contributed by atoms with Gasteiger partial charge in [-0.05, 0) is 36.2 Å². The fourth-order valence-corrected chi connectivity index (χ4v) is 3.03. The van der Waals surface area contributed by atoms with E-state index in [2.05, 4.69) is 28.6 Å². The summed E-state index contributed by atoms with van der Waals surface area (Å²) in [6.07, 6.45) is 1.05. The molecule has 0 fully saturated rings. The van der Waals surface area contributed by atoms with Crippen molar-refractivity contribution in [3.63, 3.8) is 0 Å². The van der Waals surface area contributed by atoms with Gasteiger partial charge >= 0.3 is 6.03 Å². The van der Waals surface area contributed by atoms with Gasteiger partial charge in [0.1, 0.15) is 13.2 Å². The number of amides is 2. The molecule has 2 aromatic rings. The van der Waals surface area contributed by atoms with Crippen LogP contribution in [0.4, 0.5) is 21.9 Å². The second kappa shape index (κ2) is 5.96. The zero-order valence-electron chi connectivity index (χ0n) is 13.5. The minimum atomic E-state index is -0.285. The number of hydrogen-bond acceptors (Lipinski definition) is 4. The summed E-state index contributed by atoms with van der Waals surface area (Å²) in [6, 6.07) is 11.1. The van der Waals surface area contributed by atoms with Crippen LogP contribution in [0.25, 0.3) is 0 Å². The third kappa shape index (κ3) is 2.82. The zero-order valence-corrected chi connectivity index (χ0v) is 13.5. The van der Waals surface area contributed by atoms with Crippen molar-refractivity contribution in [2.24, 2.45) is 0 Å². The van der Waals surface area contributed by atoms with E-state index in [0.29, 0.717) is 30.4 Å². The first-order chi connectivity index (χ1) is 11.7. The first-order valence-corrected chi connectivity index (χ1v) is 8.01. The van der Waals surface area contributed by atoms with Crippen LogP contribution < -0.4 is 25.0 Å². The van der Waals surface area contributed by atoms with E-state index in [9.17, 15) is 4.79 Å². The molecule has 0 spiro atoms. The number of likely N-dealkylation sites (N-methyl/N-ethyl adjacent to an activating group) is 1. The summed E-state index contributed by atoms with van der Waals surface area (Å²) >= 11 is 0. The molecule has 0 aromatic heterocycles. The second-order valence-electron chi connectivity index (χ2n) is 5.95. The van der Waals surface area contributed by atoms with Gasteiger partial charge in [-0.1, -0.05) is 6.07 Å². The van der Waals surface area contributed by atoms with Gasteiger partial charge in [0.2, 0.25) is 0 Å². The molecule has 0 radical (unpaired) electrons. The maximum atomic E-state index is 12.2. The molecule has 0 saturated heterocycles. The Morgan fingerprint density at radius 1 is 1.00 bits per heavy atom. The molecule has 2 aromatic carbocycles. The summed E-state index contributed by atoms with van der Waals surface area (Å²) in [5.74, 6) is 1.35. The second-order valence-corrected chi connectivity index (χ2v) is 5.95. The van der Waals surface area contributed by atoms with Crippen molar-refractivity contribution in [2.45, 2.75) is 6.42 Å². The van der Waals surface area contributed by atoms with E-state index in [1.54, 1.807) is 18.2 Å². The lowest BCUT2D eigenvalue weighted by molar-refractivity contribution is 0.171. The van der Waals surface area contributed by atoms with Crippen LogP contribution >= 0.6 is 0 Å². The SMILES string of the molecule is CN1CCc2ccc(NC(=O)Nc3ccc4c(c3)OCCO4)cc21. The van der Waals surface area contributed by atoms with Crippen LogP contribution in [0, 0.1) is 0 Å². The van der Waals surface area contributed by atoms with Crippen molar-refractivity contribution in [3.05, 3.63) is 42.0 Å². The fourth-order valence-electron chi connectivity index (χ4n) is 3.03. The average Bonchev–Trinajstić information content (AvgIpc) is 2.95. The lowest BCUT2D eigenvalue weighted by atomic mass is 10.1. The van der Waals surface area contributed by atoms with Gasteiger partial charge in [0.15, 0.2) is 11.5 Å². The van der Waals surface area contributed by atoms with Crippen molar-refractivity contribution in [1.82, 2.24) is 0 Å². The Hall–Kier alpha value is -2.89. The molecule has 6 heteroatoms. The lowest BCUT2D eigenvalue weighted by Gasteiger charge is -2.19. The predicted molar refractivity (Wildman–Crippen MR) is 93.5 cm³/mol. The maximum Gasteiger partial charge on any atom is 0.323 e. The number of carbonyl (C=O) groups excluding carboxylic acids is 1. The third-order valence-electron chi connectivity index (χ3n) is 4.27. The molecule has 0 bridgehead atoms. The van der Waals surface area contributed by atoms with Crippen molar-refractivity contribution < 1.29 is 14.3 Å². The Bertz CT molecular complexity index is 791. The average molecular weight is 325 g/mol. The molecule has 2 amide bonds. The summed E-state index contributed by atoms with van der Waals surface area (Å²) in [5, 5.41) is 5.69. The largest absolute Gasteiger partial charge is 0.486 e. The van der Waals surface area contributed by atoms with E-state index < -0.39 is 0 Å². The number of fused-ring (bicyclic) bond motifs is 2. The standard InChI is InChI=1S/C18H19N3O3/c1-21-7-6-12-2-3-13(10-15(12)21)19-18(22)20-14-4-5-16-17(11-14)24-9-8-23-16/h2-5,10-11H,6-9H2,1H3,(H2,19,20,22). The third-order valence-corrected chi connectivity index (χ3v) is 4.27. The molecular formula is C18H19N3O3. The quantitative estimate of drug-likeness (QED) is 0.891. The van der Waals surface area contributed by atoms with E-state index >= 15 is 0 Å². The Labute approximate surface area is 140 Å². The summed E-state index contributed by atoms with van der Waals surface area (Å²) in [5.41, 5.74) is 3.93. The van der Waals surface area contributed by atoms with Gasteiger partial charge in [0, 0.05) is 36.7 Å². The molecule has 0 atom stereocenters. The molecular weight excluding hydrogens is 306 g/mol. The molecule has 6 nitrogen and oxygen atoms in total. The number of nitrogens with one attached hydrogen (secondary N) is 2. The van der Waals surface area contributed by atoms with Crippen LogP contribution in [0.3, 0.4) is 0 Å². The number of hydrogen-bond donors (Lipinski definition) is 2. The predicted octanol–water partition coefficient (Wildman–Crippen LogP) is 3.09. The number of ether oxygens (including phenoxy) is 2. The van der Waals surface area contributed by atoms with Crippen molar-refractivity contribution >= 4 is 23.1 Å². The summed E-state index contributed by atoms with van der Waals surface area (Å²) in [6.45, 7) is 2.08. The maximum absolute atomic E-state index is 12.2. The Morgan fingerprint density at radius 3 is 2.54 bits per heavy atom. The normalized spacial score (nSPS) is 15.0. The van der Waals surface area contributed by atoms with Gasteiger partial charge in [0.25, 0.3) is 0 Å². The number of benzene rings is 2. The molecule has 0 saturated carbocycles. The highest BCUT2D eigenvalue weighted by Gasteiger charge is 2.17. The number of anilines is 3. The number of rotatable bonds is 2. The number of nitrogens with zero attached hydrogens (tertiary/aromatic N) is 1. The van der Waals surface area contributed by atoms with Crippen molar-refractivity contribution in [3.8, 4) is 11.5 Å². The molecule has 4 rings (SSSR count). The fraction of sp³-hybridized carbons (Fsp3) is 0.278. The minimum absolute atomic E-state index is 0.285. The lowest BCUT2D eigenvalue weighted by Crippen LogP contribution is -2.20.